The van der Waals surface area contributed by atoms with E-state index in [1.807, 2.05) is 24.3 Å². The lowest BCUT2D eigenvalue weighted by molar-refractivity contribution is -0.123. The molecule has 102 valence electrons. The van der Waals surface area contributed by atoms with Gasteiger partial charge in [-0.2, -0.15) is 0 Å². The van der Waals surface area contributed by atoms with Crippen LogP contribution in [0.25, 0.3) is 0 Å². The quantitative estimate of drug-likeness (QED) is 0.855. The maximum absolute atomic E-state index is 12.1. The van der Waals surface area contributed by atoms with E-state index < -0.39 is 0 Å². The maximum Gasteiger partial charge on any atom is 0.229 e. The second-order valence-electron chi connectivity index (χ2n) is 5.99. The summed E-state index contributed by atoms with van der Waals surface area (Å²) in [5.74, 6) is -0.403. The molecule has 1 atom stereocenters. The molecule has 0 spiro atoms. The van der Waals surface area contributed by atoms with Gasteiger partial charge in [-0.15, -0.1) is 0 Å². The fraction of sp³-hybridized carbons (Fsp3) is 0.467. The first-order chi connectivity index (χ1) is 8.88. The molecule has 0 radical (unpaired) electrons. The third kappa shape index (κ3) is 3.13. The highest BCUT2D eigenvalue weighted by Gasteiger charge is 2.28. The molecule has 1 aliphatic rings. The summed E-state index contributed by atoms with van der Waals surface area (Å²) < 4.78 is 0. The van der Waals surface area contributed by atoms with Gasteiger partial charge in [0.1, 0.15) is 0 Å². The lowest BCUT2D eigenvalue weighted by Crippen LogP contribution is -2.26. The lowest BCUT2D eigenvalue weighted by Gasteiger charge is -2.23. The van der Waals surface area contributed by atoms with E-state index in [0.29, 0.717) is 6.54 Å². The molecule has 1 heterocycles. The molecule has 4 heteroatoms. The van der Waals surface area contributed by atoms with Gasteiger partial charge in [0, 0.05) is 18.7 Å². The van der Waals surface area contributed by atoms with Gasteiger partial charge < -0.3 is 10.6 Å². The zero-order chi connectivity index (χ0) is 14.0. The fourth-order valence-corrected chi connectivity index (χ4v) is 2.27. The number of hydrogen-bond acceptors (Lipinski definition) is 2. The minimum Gasteiger partial charge on any atom is -0.355 e. The maximum atomic E-state index is 12.1. The predicted molar refractivity (Wildman–Crippen MR) is 74.9 cm³/mol. The molecule has 2 rings (SSSR count). The summed E-state index contributed by atoms with van der Waals surface area (Å²) >= 11 is 0. The first-order valence-electron chi connectivity index (χ1n) is 6.55. The standard InChI is InChI=1S/C15H20N2O2/c1-15(2,3)11-6-4-5-7-12(11)17-14(19)10-8-13(18)16-9-10/h4-7,10H,8-9H2,1-3H3,(H,16,18)(H,17,19). The molecule has 19 heavy (non-hydrogen) atoms. The van der Waals surface area contributed by atoms with E-state index in [2.05, 4.69) is 31.4 Å². The second kappa shape index (κ2) is 5.03. The first-order valence-corrected chi connectivity index (χ1v) is 6.55. The molecule has 2 amide bonds. The normalized spacial score (nSPS) is 19.1. The van der Waals surface area contributed by atoms with Crippen LogP contribution >= 0.6 is 0 Å². The summed E-state index contributed by atoms with van der Waals surface area (Å²) in [5.41, 5.74) is 1.90. The summed E-state index contributed by atoms with van der Waals surface area (Å²) in [5, 5.41) is 5.63. The minimum absolute atomic E-state index is 0.0341. The Balaban J connectivity index is 2.15. The van der Waals surface area contributed by atoms with E-state index in [0.717, 1.165) is 11.3 Å². The van der Waals surface area contributed by atoms with Crippen molar-refractivity contribution in [3.63, 3.8) is 0 Å². The average molecular weight is 260 g/mol. The molecule has 2 N–H and O–H groups in total. The zero-order valence-corrected chi connectivity index (χ0v) is 11.6. The largest absolute Gasteiger partial charge is 0.355 e. The molecule has 0 bridgehead atoms. The Kier molecular flexibility index (Phi) is 3.60. The molecule has 1 fully saturated rings. The topological polar surface area (TPSA) is 58.2 Å². The van der Waals surface area contributed by atoms with Gasteiger partial charge in [-0.1, -0.05) is 39.0 Å². The van der Waals surface area contributed by atoms with E-state index in [-0.39, 0.29) is 29.6 Å². The van der Waals surface area contributed by atoms with Crippen LogP contribution < -0.4 is 10.6 Å². The number of nitrogens with one attached hydrogen (secondary N) is 2. The van der Waals surface area contributed by atoms with E-state index in [1.165, 1.54) is 0 Å². The number of anilines is 1. The van der Waals surface area contributed by atoms with Crippen molar-refractivity contribution in [2.45, 2.75) is 32.6 Å². The van der Waals surface area contributed by atoms with Crippen molar-refractivity contribution in [2.24, 2.45) is 5.92 Å². The Bertz CT molecular complexity index is 503. The predicted octanol–water partition coefficient (Wildman–Crippen LogP) is 2.06. The van der Waals surface area contributed by atoms with Crippen molar-refractivity contribution in [2.75, 3.05) is 11.9 Å². The first kappa shape index (κ1) is 13.6. The smallest absolute Gasteiger partial charge is 0.229 e. The van der Waals surface area contributed by atoms with Gasteiger partial charge in [-0.05, 0) is 17.0 Å². The van der Waals surface area contributed by atoms with Crippen LogP contribution in [0.1, 0.15) is 32.8 Å². The molecule has 1 unspecified atom stereocenters. The van der Waals surface area contributed by atoms with E-state index in [9.17, 15) is 9.59 Å². The van der Waals surface area contributed by atoms with Crippen LogP contribution in [-0.2, 0) is 15.0 Å². The van der Waals surface area contributed by atoms with Gasteiger partial charge in [0.25, 0.3) is 0 Å². The van der Waals surface area contributed by atoms with E-state index in [4.69, 9.17) is 0 Å². The number of benzene rings is 1. The minimum atomic E-state index is -0.263. The molecule has 0 aliphatic carbocycles. The number of carbonyl (C=O) groups is 2. The molecule has 1 aromatic carbocycles. The second-order valence-corrected chi connectivity index (χ2v) is 5.99. The van der Waals surface area contributed by atoms with Crippen LogP contribution in [-0.4, -0.2) is 18.4 Å². The molecule has 4 nitrogen and oxygen atoms in total. The van der Waals surface area contributed by atoms with Gasteiger partial charge in [0.2, 0.25) is 11.8 Å². The highest BCUT2D eigenvalue weighted by molar-refractivity contribution is 5.97. The Hall–Kier alpha value is -1.84. The van der Waals surface area contributed by atoms with Crippen LogP contribution in [0, 0.1) is 5.92 Å². The van der Waals surface area contributed by atoms with Crippen molar-refractivity contribution >= 4 is 17.5 Å². The molecule has 1 saturated heterocycles. The molecule has 0 saturated carbocycles. The lowest BCUT2D eigenvalue weighted by atomic mass is 9.85. The fourth-order valence-electron chi connectivity index (χ4n) is 2.27. The SMILES string of the molecule is CC(C)(C)c1ccccc1NC(=O)C1CNC(=O)C1. The van der Waals surface area contributed by atoms with Gasteiger partial charge in [0.15, 0.2) is 0 Å². The van der Waals surface area contributed by atoms with Crippen LogP contribution in [0.15, 0.2) is 24.3 Å². The van der Waals surface area contributed by atoms with Crippen LogP contribution in [0.3, 0.4) is 0 Å². The van der Waals surface area contributed by atoms with Crippen molar-refractivity contribution in [3.05, 3.63) is 29.8 Å². The highest BCUT2D eigenvalue weighted by Crippen LogP contribution is 2.29. The van der Waals surface area contributed by atoms with Crippen molar-refractivity contribution < 1.29 is 9.59 Å². The number of rotatable bonds is 2. The van der Waals surface area contributed by atoms with Gasteiger partial charge >= 0.3 is 0 Å². The molecule has 1 aromatic rings. The third-order valence-electron chi connectivity index (χ3n) is 3.34. The van der Waals surface area contributed by atoms with Crippen molar-refractivity contribution in [1.29, 1.82) is 0 Å². The number of para-hydroxylation sites is 1. The monoisotopic (exact) mass is 260 g/mol. The van der Waals surface area contributed by atoms with Gasteiger partial charge in [-0.25, -0.2) is 0 Å². The van der Waals surface area contributed by atoms with Crippen molar-refractivity contribution in [1.82, 2.24) is 5.32 Å². The van der Waals surface area contributed by atoms with Crippen LogP contribution in [0.2, 0.25) is 0 Å². The number of hydrogen-bond donors (Lipinski definition) is 2. The van der Waals surface area contributed by atoms with Gasteiger partial charge in [0.05, 0.1) is 5.92 Å². The zero-order valence-electron chi connectivity index (χ0n) is 11.6. The summed E-state index contributed by atoms with van der Waals surface area (Å²) in [7, 11) is 0. The summed E-state index contributed by atoms with van der Waals surface area (Å²) in [6.45, 7) is 6.76. The Morgan fingerprint density at radius 3 is 2.58 bits per heavy atom. The number of carbonyl (C=O) groups excluding carboxylic acids is 2. The average Bonchev–Trinajstić information content (AvgIpc) is 2.75. The van der Waals surface area contributed by atoms with Crippen molar-refractivity contribution in [3.8, 4) is 0 Å². The molecular formula is C15H20N2O2. The Labute approximate surface area is 113 Å². The highest BCUT2D eigenvalue weighted by atomic mass is 16.2. The van der Waals surface area contributed by atoms with Crippen LogP contribution in [0.5, 0.6) is 0 Å². The Morgan fingerprint density at radius 2 is 2.00 bits per heavy atom. The summed E-state index contributed by atoms with van der Waals surface area (Å²) in [6.07, 6.45) is 0.281. The summed E-state index contributed by atoms with van der Waals surface area (Å²) in [4.78, 5) is 23.3. The Morgan fingerprint density at radius 1 is 1.32 bits per heavy atom. The molecule has 1 aliphatic heterocycles. The number of amides is 2. The summed E-state index contributed by atoms with van der Waals surface area (Å²) in [6, 6.07) is 7.80. The van der Waals surface area contributed by atoms with Gasteiger partial charge in [-0.3, -0.25) is 9.59 Å². The molecular weight excluding hydrogens is 240 g/mol. The van der Waals surface area contributed by atoms with E-state index >= 15 is 0 Å². The third-order valence-corrected chi connectivity index (χ3v) is 3.34. The molecule has 0 aromatic heterocycles. The van der Waals surface area contributed by atoms with E-state index in [1.54, 1.807) is 0 Å². The van der Waals surface area contributed by atoms with Crippen LogP contribution in [0.4, 0.5) is 5.69 Å².